The Labute approximate surface area is 177 Å². The molecule has 7 heteroatoms. The molecule has 2 aromatic rings. The lowest BCUT2D eigenvalue weighted by molar-refractivity contribution is -0.0816. The average molecular weight is 484 g/mol. The van der Waals surface area contributed by atoms with E-state index in [9.17, 15) is 0 Å². The highest BCUT2D eigenvalue weighted by molar-refractivity contribution is 14.0. The largest absolute Gasteiger partial charge is 0.375 e. The number of guanidine groups is 1. The molecule has 2 unspecified atom stereocenters. The van der Waals surface area contributed by atoms with E-state index >= 15 is 0 Å². The first-order chi connectivity index (χ1) is 12.8. The fourth-order valence-electron chi connectivity index (χ4n) is 3.90. The lowest BCUT2D eigenvalue weighted by Gasteiger charge is -2.37. The van der Waals surface area contributed by atoms with Crippen LogP contribution in [0.3, 0.4) is 0 Å². The van der Waals surface area contributed by atoms with Crippen molar-refractivity contribution in [1.29, 1.82) is 0 Å². The smallest absolute Gasteiger partial charge is 0.193 e. The number of aromatic nitrogens is 1. The van der Waals surface area contributed by atoms with Crippen molar-refractivity contribution in [1.82, 2.24) is 15.2 Å². The number of fused-ring (bicyclic) bond motifs is 1. The molecule has 0 aliphatic carbocycles. The zero-order valence-corrected chi connectivity index (χ0v) is 18.1. The van der Waals surface area contributed by atoms with Crippen LogP contribution >= 0.6 is 24.0 Å². The Morgan fingerprint density at radius 2 is 2.11 bits per heavy atom. The number of rotatable bonds is 4. The van der Waals surface area contributed by atoms with E-state index in [2.05, 4.69) is 50.5 Å². The van der Waals surface area contributed by atoms with Crippen LogP contribution in [0.2, 0.25) is 0 Å². The maximum absolute atomic E-state index is 5.94. The molecule has 4 rings (SSSR count). The summed E-state index contributed by atoms with van der Waals surface area (Å²) in [5.74, 6) is 0.951. The zero-order chi connectivity index (χ0) is 17.8. The molecule has 2 saturated heterocycles. The molecule has 148 valence electrons. The van der Waals surface area contributed by atoms with Gasteiger partial charge in [-0.05, 0) is 30.4 Å². The van der Waals surface area contributed by atoms with E-state index in [0.29, 0.717) is 0 Å². The van der Waals surface area contributed by atoms with E-state index in [1.54, 1.807) is 0 Å². The molecule has 2 fully saturated rings. The molecule has 0 bridgehead atoms. The van der Waals surface area contributed by atoms with Crippen LogP contribution in [0.1, 0.15) is 18.5 Å². The summed E-state index contributed by atoms with van der Waals surface area (Å²) in [5.41, 5.74) is 2.44. The minimum absolute atomic E-state index is 0. The molecule has 2 atom stereocenters. The lowest BCUT2D eigenvalue weighted by atomic mass is 10.1. The van der Waals surface area contributed by atoms with Gasteiger partial charge in [0.1, 0.15) is 6.10 Å². The van der Waals surface area contributed by atoms with Crippen molar-refractivity contribution in [2.45, 2.75) is 31.5 Å². The fraction of sp³-hybridized carbons (Fsp3) is 0.550. The molecule has 0 radical (unpaired) electrons. The number of aliphatic imine (C=N–C) groups is 1. The first-order valence-corrected chi connectivity index (χ1v) is 9.59. The maximum Gasteiger partial charge on any atom is 0.193 e. The Bertz CT molecular complexity index is 724. The molecule has 6 nitrogen and oxygen atoms in total. The highest BCUT2D eigenvalue weighted by atomic mass is 127. The van der Waals surface area contributed by atoms with Crippen LogP contribution in [-0.4, -0.2) is 67.9 Å². The van der Waals surface area contributed by atoms with Crippen molar-refractivity contribution >= 4 is 40.8 Å². The van der Waals surface area contributed by atoms with Gasteiger partial charge in [-0.1, -0.05) is 18.2 Å². The Balaban J connectivity index is 0.00000210. The SMILES string of the molecule is CN=C(NCCc1cc2ccccc2[nH]1)N1CCOC(C2CCCO2)C1.I. The predicted molar refractivity (Wildman–Crippen MR) is 119 cm³/mol. The Hall–Kier alpha value is -1.32. The summed E-state index contributed by atoms with van der Waals surface area (Å²) in [6, 6.07) is 10.6. The van der Waals surface area contributed by atoms with E-state index in [1.165, 1.54) is 16.6 Å². The normalized spacial score (nSPS) is 23.4. The first kappa shape index (κ1) is 20.4. The third-order valence-electron chi connectivity index (χ3n) is 5.25. The minimum atomic E-state index is 0. The molecule has 2 aliphatic rings. The second kappa shape index (κ2) is 9.75. The monoisotopic (exact) mass is 484 g/mol. The van der Waals surface area contributed by atoms with Gasteiger partial charge in [-0.3, -0.25) is 4.99 Å². The number of halogens is 1. The number of aromatic amines is 1. The minimum Gasteiger partial charge on any atom is -0.375 e. The summed E-state index contributed by atoms with van der Waals surface area (Å²) < 4.78 is 11.7. The van der Waals surface area contributed by atoms with Crippen molar-refractivity contribution in [3.05, 3.63) is 36.0 Å². The molecule has 3 heterocycles. The van der Waals surface area contributed by atoms with Gasteiger partial charge in [0.2, 0.25) is 0 Å². The number of benzene rings is 1. The molecular weight excluding hydrogens is 455 g/mol. The first-order valence-electron chi connectivity index (χ1n) is 9.59. The number of nitrogens with zero attached hydrogens (tertiary/aromatic N) is 2. The number of hydrogen-bond acceptors (Lipinski definition) is 3. The second-order valence-electron chi connectivity index (χ2n) is 7.01. The van der Waals surface area contributed by atoms with Gasteiger partial charge >= 0.3 is 0 Å². The number of morpholine rings is 1. The summed E-state index contributed by atoms with van der Waals surface area (Å²) in [6.07, 6.45) is 3.57. The van der Waals surface area contributed by atoms with Gasteiger partial charge in [0.25, 0.3) is 0 Å². The van der Waals surface area contributed by atoms with E-state index < -0.39 is 0 Å². The third-order valence-corrected chi connectivity index (χ3v) is 5.25. The fourth-order valence-corrected chi connectivity index (χ4v) is 3.90. The van der Waals surface area contributed by atoms with Crippen molar-refractivity contribution in [2.24, 2.45) is 4.99 Å². The summed E-state index contributed by atoms with van der Waals surface area (Å²) in [5, 5.41) is 4.77. The number of nitrogens with one attached hydrogen (secondary N) is 2. The standard InChI is InChI=1S/C20H28N4O2.HI/c1-21-20(24-10-12-26-19(14-24)18-7-4-11-25-18)22-9-8-16-13-15-5-2-3-6-17(15)23-16;/h2-3,5-6,13,18-19,23H,4,7-12,14H2,1H3,(H,21,22);1H. The highest BCUT2D eigenvalue weighted by Gasteiger charge is 2.32. The predicted octanol–water partition coefficient (Wildman–Crippen LogP) is 2.78. The van der Waals surface area contributed by atoms with Gasteiger partial charge in [0, 0.05) is 50.9 Å². The molecule has 27 heavy (non-hydrogen) atoms. The van der Waals surface area contributed by atoms with Crippen molar-refractivity contribution in [2.75, 3.05) is 39.9 Å². The molecule has 2 N–H and O–H groups in total. The second-order valence-corrected chi connectivity index (χ2v) is 7.01. The summed E-state index contributed by atoms with van der Waals surface area (Å²) in [6.45, 7) is 4.16. The van der Waals surface area contributed by atoms with E-state index in [-0.39, 0.29) is 36.2 Å². The lowest BCUT2D eigenvalue weighted by Crippen LogP contribution is -2.53. The van der Waals surface area contributed by atoms with Crippen LogP contribution in [0.25, 0.3) is 10.9 Å². The van der Waals surface area contributed by atoms with Crippen LogP contribution in [0, 0.1) is 0 Å². The molecule has 0 saturated carbocycles. The Morgan fingerprint density at radius 3 is 2.89 bits per heavy atom. The van der Waals surface area contributed by atoms with Crippen LogP contribution in [0.4, 0.5) is 0 Å². The molecule has 0 spiro atoms. The summed E-state index contributed by atoms with van der Waals surface area (Å²) >= 11 is 0. The van der Waals surface area contributed by atoms with Crippen molar-refractivity contribution < 1.29 is 9.47 Å². The zero-order valence-electron chi connectivity index (χ0n) is 15.8. The number of H-pyrrole nitrogens is 1. The Kier molecular flexibility index (Phi) is 7.37. The number of ether oxygens (including phenoxy) is 2. The average Bonchev–Trinajstić information content (AvgIpc) is 3.34. The maximum atomic E-state index is 5.94. The highest BCUT2D eigenvalue weighted by Crippen LogP contribution is 2.21. The number of para-hydroxylation sites is 1. The van der Waals surface area contributed by atoms with E-state index in [1.807, 2.05) is 7.05 Å². The van der Waals surface area contributed by atoms with Crippen LogP contribution in [0.5, 0.6) is 0 Å². The summed E-state index contributed by atoms with van der Waals surface area (Å²) in [7, 11) is 1.85. The van der Waals surface area contributed by atoms with Gasteiger partial charge in [-0.2, -0.15) is 0 Å². The van der Waals surface area contributed by atoms with Crippen molar-refractivity contribution in [3.8, 4) is 0 Å². The van der Waals surface area contributed by atoms with E-state index in [4.69, 9.17) is 9.47 Å². The molecule has 2 aliphatic heterocycles. The van der Waals surface area contributed by atoms with Gasteiger partial charge < -0.3 is 24.7 Å². The molecular formula is C20H29IN4O2. The summed E-state index contributed by atoms with van der Waals surface area (Å²) in [4.78, 5) is 10.2. The van der Waals surface area contributed by atoms with Crippen molar-refractivity contribution in [3.63, 3.8) is 0 Å². The van der Waals surface area contributed by atoms with Crippen LogP contribution in [0.15, 0.2) is 35.3 Å². The quantitative estimate of drug-likeness (QED) is 0.398. The van der Waals surface area contributed by atoms with Crippen LogP contribution in [-0.2, 0) is 15.9 Å². The Morgan fingerprint density at radius 1 is 1.26 bits per heavy atom. The molecule has 1 aromatic carbocycles. The van der Waals surface area contributed by atoms with Crippen LogP contribution < -0.4 is 5.32 Å². The van der Waals surface area contributed by atoms with Gasteiger partial charge in [0.15, 0.2) is 5.96 Å². The third kappa shape index (κ3) is 4.94. The molecule has 0 amide bonds. The topological polar surface area (TPSA) is 61.9 Å². The number of hydrogen-bond donors (Lipinski definition) is 2. The molecule has 1 aromatic heterocycles. The van der Waals surface area contributed by atoms with E-state index in [0.717, 1.165) is 58.1 Å². The van der Waals surface area contributed by atoms with Gasteiger partial charge in [0.05, 0.1) is 12.7 Å². The van der Waals surface area contributed by atoms with Gasteiger partial charge in [-0.25, -0.2) is 0 Å². The van der Waals surface area contributed by atoms with Gasteiger partial charge in [-0.15, -0.1) is 24.0 Å².